The minimum atomic E-state index is 0.683. The van der Waals surface area contributed by atoms with Crippen molar-refractivity contribution in [3.05, 3.63) is 67.0 Å². The molecule has 5 aromatic rings. The van der Waals surface area contributed by atoms with Crippen molar-refractivity contribution in [2.75, 3.05) is 0 Å². The molecule has 108 valence electrons. The Morgan fingerprint density at radius 3 is 2.70 bits per heavy atom. The summed E-state index contributed by atoms with van der Waals surface area (Å²) in [6, 6.07) is 17.7. The summed E-state index contributed by atoms with van der Waals surface area (Å²) >= 11 is 0. The number of rotatable bonds is 1. The molecular formula is C19H11N3O. The lowest BCUT2D eigenvalue weighted by atomic mass is 10.1. The van der Waals surface area contributed by atoms with Gasteiger partial charge in [0.1, 0.15) is 11.1 Å². The average Bonchev–Trinajstić information content (AvgIpc) is 3.00. The lowest BCUT2D eigenvalue weighted by Crippen LogP contribution is -1.90. The molecule has 0 radical (unpaired) electrons. The number of hydrogen-bond acceptors (Lipinski definition) is 4. The Morgan fingerprint density at radius 2 is 1.70 bits per heavy atom. The first-order valence-corrected chi connectivity index (χ1v) is 7.38. The van der Waals surface area contributed by atoms with E-state index in [0.29, 0.717) is 5.82 Å². The first-order chi connectivity index (χ1) is 11.4. The predicted octanol–water partition coefficient (Wildman–Crippen LogP) is 4.59. The fraction of sp³-hybridized carbons (Fsp3) is 0. The van der Waals surface area contributed by atoms with Gasteiger partial charge in [-0.15, -0.1) is 0 Å². The zero-order valence-electron chi connectivity index (χ0n) is 12.1. The molecule has 4 heteroatoms. The van der Waals surface area contributed by atoms with Crippen LogP contribution in [0.4, 0.5) is 0 Å². The van der Waals surface area contributed by atoms with Crippen molar-refractivity contribution in [1.29, 1.82) is 0 Å². The number of nitrogens with zero attached hydrogens (tertiary/aromatic N) is 3. The molecule has 0 spiro atoms. The van der Waals surface area contributed by atoms with Gasteiger partial charge in [0.15, 0.2) is 11.4 Å². The first-order valence-electron chi connectivity index (χ1n) is 7.38. The molecule has 0 amide bonds. The highest BCUT2D eigenvalue weighted by Crippen LogP contribution is 2.34. The third-order valence-electron chi connectivity index (χ3n) is 3.98. The molecule has 0 bridgehead atoms. The zero-order chi connectivity index (χ0) is 15.2. The summed E-state index contributed by atoms with van der Waals surface area (Å²) in [6.07, 6.45) is 3.63. The van der Waals surface area contributed by atoms with E-state index in [0.717, 1.165) is 38.5 Å². The lowest BCUT2D eigenvalue weighted by molar-refractivity contribution is 0.668. The molecule has 0 fully saturated rings. The average molecular weight is 297 g/mol. The van der Waals surface area contributed by atoms with E-state index in [-0.39, 0.29) is 0 Å². The number of para-hydroxylation sites is 1. The summed E-state index contributed by atoms with van der Waals surface area (Å²) in [5, 5.41) is 1.98. The molecule has 0 unspecified atom stereocenters. The van der Waals surface area contributed by atoms with Crippen LogP contribution in [0.5, 0.6) is 0 Å². The zero-order valence-corrected chi connectivity index (χ0v) is 12.1. The van der Waals surface area contributed by atoms with E-state index in [9.17, 15) is 0 Å². The molecule has 0 saturated heterocycles. The van der Waals surface area contributed by atoms with Crippen LogP contribution in [-0.4, -0.2) is 15.0 Å². The molecule has 0 aliphatic rings. The van der Waals surface area contributed by atoms with E-state index in [1.807, 2.05) is 60.8 Å². The lowest BCUT2D eigenvalue weighted by Gasteiger charge is -2.03. The van der Waals surface area contributed by atoms with Gasteiger partial charge in [-0.3, -0.25) is 4.98 Å². The molecule has 5 rings (SSSR count). The quantitative estimate of drug-likeness (QED) is 0.454. The van der Waals surface area contributed by atoms with Crippen LogP contribution in [0, 0.1) is 0 Å². The van der Waals surface area contributed by atoms with Crippen LogP contribution in [0.2, 0.25) is 0 Å². The van der Waals surface area contributed by atoms with Crippen LogP contribution < -0.4 is 0 Å². The van der Waals surface area contributed by atoms with Crippen LogP contribution >= 0.6 is 0 Å². The summed E-state index contributed by atoms with van der Waals surface area (Å²) in [6.45, 7) is 0. The maximum absolute atomic E-state index is 5.88. The highest BCUT2D eigenvalue weighted by molar-refractivity contribution is 6.09. The van der Waals surface area contributed by atoms with E-state index in [1.165, 1.54) is 0 Å². The molecule has 0 aliphatic carbocycles. The van der Waals surface area contributed by atoms with E-state index in [4.69, 9.17) is 9.40 Å². The Labute approximate surface area is 131 Å². The molecule has 3 aromatic heterocycles. The van der Waals surface area contributed by atoms with Crippen molar-refractivity contribution < 1.29 is 4.42 Å². The SMILES string of the molecule is c1ccc2nc(-c3cccc4oc5cccnc5c34)ncc2c1. The minimum absolute atomic E-state index is 0.683. The summed E-state index contributed by atoms with van der Waals surface area (Å²) in [7, 11) is 0. The second-order valence-electron chi connectivity index (χ2n) is 5.38. The molecule has 3 heterocycles. The van der Waals surface area contributed by atoms with Crippen molar-refractivity contribution in [3.63, 3.8) is 0 Å². The van der Waals surface area contributed by atoms with Gasteiger partial charge in [0.05, 0.1) is 10.9 Å². The topological polar surface area (TPSA) is 51.8 Å². The second-order valence-corrected chi connectivity index (χ2v) is 5.38. The van der Waals surface area contributed by atoms with Crippen molar-refractivity contribution in [3.8, 4) is 11.4 Å². The predicted molar refractivity (Wildman–Crippen MR) is 90.0 cm³/mol. The number of pyridine rings is 1. The van der Waals surface area contributed by atoms with E-state index < -0.39 is 0 Å². The molecular weight excluding hydrogens is 286 g/mol. The van der Waals surface area contributed by atoms with Gasteiger partial charge in [-0.05, 0) is 24.3 Å². The van der Waals surface area contributed by atoms with Crippen molar-refractivity contribution in [1.82, 2.24) is 15.0 Å². The van der Waals surface area contributed by atoms with E-state index in [2.05, 4.69) is 9.97 Å². The fourth-order valence-corrected chi connectivity index (χ4v) is 2.93. The van der Waals surface area contributed by atoms with Crippen molar-refractivity contribution in [2.24, 2.45) is 0 Å². The van der Waals surface area contributed by atoms with Gasteiger partial charge in [0, 0.05) is 23.3 Å². The highest BCUT2D eigenvalue weighted by atomic mass is 16.3. The number of aromatic nitrogens is 3. The number of furan rings is 1. The van der Waals surface area contributed by atoms with E-state index >= 15 is 0 Å². The number of fused-ring (bicyclic) bond motifs is 4. The van der Waals surface area contributed by atoms with Gasteiger partial charge in [0.25, 0.3) is 0 Å². The Morgan fingerprint density at radius 1 is 0.783 bits per heavy atom. The summed E-state index contributed by atoms with van der Waals surface area (Å²) in [5.41, 5.74) is 4.28. The maximum Gasteiger partial charge on any atom is 0.160 e. The van der Waals surface area contributed by atoms with Gasteiger partial charge in [0.2, 0.25) is 0 Å². The monoisotopic (exact) mass is 297 g/mol. The third kappa shape index (κ3) is 1.82. The Balaban J connectivity index is 1.87. The molecule has 0 aliphatic heterocycles. The maximum atomic E-state index is 5.88. The van der Waals surface area contributed by atoms with Crippen molar-refractivity contribution in [2.45, 2.75) is 0 Å². The van der Waals surface area contributed by atoms with Gasteiger partial charge in [-0.1, -0.05) is 30.3 Å². The van der Waals surface area contributed by atoms with Crippen LogP contribution in [0.15, 0.2) is 71.4 Å². The molecule has 0 saturated carbocycles. The van der Waals surface area contributed by atoms with Crippen LogP contribution in [0.25, 0.3) is 44.4 Å². The smallest absolute Gasteiger partial charge is 0.160 e. The van der Waals surface area contributed by atoms with Gasteiger partial charge < -0.3 is 4.42 Å². The minimum Gasteiger partial charge on any atom is -0.454 e. The third-order valence-corrected chi connectivity index (χ3v) is 3.98. The van der Waals surface area contributed by atoms with Crippen LogP contribution in [0.3, 0.4) is 0 Å². The molecule has 0 N–H and O–H groups in total. The number of hydrogen-bond donors (Lipinski definition) is 0. The largest absolute Gasteiger partial charge is 0.454 e. The standard InChI is InChI=1S/C19H11N3O/c1-2-7-14-12(5-1)11-21-19(22-14)13-6-3-8-15-17(13)18-16(23-15)9-4-10-20-18/h1-11H. The molecule has 0 atom stereocenters. The fourth-order valence-electron chi connectivity index (χ4n) is 2.93. The Hall–Kier alpha value is -3.27. The second kappa shape index (κ2) is 4.61. The molecule has 23 heavy (non-hydrogen) atoms. The summed E-state index contributed by atoms with van der Waals surface area (Å²) in [5.74, 6) is 0.683. The summed E-state index contributed by atoms with van der Waals surface area (Å²) in [4.78, 5) is 13.7. The van der Waals surface area contributed by atoms with Gasteiger partial charge in [-0.25, -0.2) is 9.97 Å². The van der Waals surface area contributed by atoms with Gasteiger partial charge >= 0.3 is 0 Å². The molecule has 4 nitrogen and oxygen atoms in total. The van der Waals surface area contributed by atoms with Crippen molar-refractivity contribution >= 4 is 33.0 Å². The summed E-state index contributed by atoms with van der Waals surface area (Å²) < 4.78 is 5.88. The Kier molecular flexibility index (Phi) is 2.46. The van der Waals surface area contributed by atoms with E-state index in [1.54, 1.807) is 6.20 Å². The van der Waals surface area contributed by atoms with Crippen LogP contribution in [0.1, 0.15) is 0 Å². The van der Waals surface area contributed by atoms with Crippen LogP contribution in [-0.2, 0) is 0 Å². The number of benzene rings is 2. The Bertz CT molecular complexity index is 1180. The molecule has 2 aromatic carbocycles. The normalized spacial score (nSPS) is 11.5. The highest BCUT2D eigenvalue weighted by Gasteiger charge is 2.14. The first kappa shape index (κ1) is 12.3. The van der Waals surface area contributed by atoms with Gasteiger partial charge in [-0.2, -0.15) is 0 Å².